The zero-order chi connectivity index (χ0) is 29.8. The van der Waals surface area contributed by atoms with Crippen molar-refractivity contribution in [2.45, 2.75) is 32.2 Å². The highest BCUT2D eigenvalue weighted by Gasteiger charge is 2.37. The first-order chi connectivity index (χ1) is 20.0. The highest BCUT2D eigenvalue weighted by atomic mass is 35.5. The third-order valence-corrected chi connectivity index (χ3v) is 7.55. The van der Waals surface area contributed by atoms with Crippen molar-refractivity contribution >= 4 is 51.9 Å². The maximum atomic E-state index is 13.9. The van der Waals surface area contributed by atoms with Gasteiger partial charge in [0.25, 0.3) is 5.56 Å². The van der Waals surface area contributed by atoms with Crippen LogP contribution >= 0.6 is 23.2 Å². The molecule has 1 aromatic carbocycles. The van der Waals surface area contributed by atoms with Gasteiger partial charge in [0, 0.05) is 35.9 Å². The van der Waals surface area contributed by atoms with Crippen LogP contribution in [-0.2, 0) is 24.4 Å². The Labute approximate surface area is 243 Å². The Hall–Kier alpha value is -4.24. The maximum absolute atomic E-state index is 13.9. The lowest BCUT2D eigenvalue weighted by molar-refractivity contribution is -0.140. The number of hydrogen-bond acceptors (Lipinski definition) is 8. The molecule has 3 aromatic heterocycles. The van der Waals surface area contributed by atoms with E-state index in [4.69, 9.17) is 27.6 Å². The average Bonchev–Trinajstić information content (AvgIpc) is 3.71. The average molecular weight is 625 g/mol. The van der Waals surface area contributed by atoms with Gasteiger partial charge >= 0.3 is 11.9 Å². The SMILES string of the molecule is O=C(Cn1c(=O)c2c(nc(N3CCC4CNC=C43)n2Cc2ncco2)n(CC(F)(F)F)c1=O)Nc1ccc(Cl)cc1Cl. The molecule has 17 heteroatoms. The van der Waals surface area contributed by atoms with Crippen LogP contribution in [0.2, 0.25) is 10.0 Å². The normalized spacial score (nSPS) is 16.5. The number of nitrogens with zero attached hydrogens (tertiary/aromatic N) is 6. The minimum atomic E-state index is -4.85. The predicted octanol–water partition coefficient (Wildman–Crippen LogP) is 3.17. The van der Waals surface area contributed by atoms with Gasteiger partial charge in [-0.05, 0) is 24.6 Å². The number of alkyl halides is 3. The van der Waals surface area contributed by atoms with Crippen molar-refractivity contribution in [3.63, 3.8) is 0 Å². The van der Waals surface area contributed by atoms with E-state index in [-0.39, 0.29) is 40.5 Å². The third kappa shape index (κ3) is 5.13. The fourth-order valence-corrected chi connectivity index (χ4v) is 5.65. The number of amides is 1. The van der Waals surface area contributed by atoms with Crippen molar-refractivity contribution in [2.24, 2.45) is 5.92 Å². The monoisotopic (exact) mass is 624 g/mol. The maximum Gasteiger partial charge on any atom is 0.406 e. The number of aromatic nitrogens is 5. The van der Waals surface area contributed by atoms with Crippen LogP contribution in [0.25, 0.3) is 11.2 Å². The summed E-state index contributed by atoms with van der Waals surface area (Å²) < 4.78 is 48.8. The van der Waals surface area contributed by atoms with E-state index in [2.05, 4.69) is 20.6 Å². The second-order valence-electron chi connectivity index (χ2n) is 9.76. The number of oxazole rings is 1. The minimum absolute atomic E-state index is 0.0847. The molecule has 0 radical (unpaired) electrons. The van der Waals surface area contributed by atoms with Gasteiger partial charge < -0.3 is 20.0 Å². The number of carbonyl (C=O) groups is 1. The van der Waals surface area contributed by atoms with Crippen LogP contribution in [0.5, 0.6) is 0 Å². The number of halogens is 5. The summed E-state index contributed by atoms with van der Waals surface area (Å²) in [6, 6.07) is 4.23. The Balaban J connectivity index is 1.52. The molecule has 6 rings (SSSR count). The van der Waals surface area contributed by atoms with Gasteiger partial charge in [0.05, 0.1) is 16.9 Å². The molecular weight excluding hydrogens is 604 g/mol. The molecule has 42 heavy (non-hydrogen) atoms. The number of benzene rings is 1. The number of anilines is 2. The van der Waals surface area contributed by atoms with Gasteiger partial charge in [0.1, 0.15) is 25.9 Å². The number of nitrogens with one attached hydrogen (secondary N) is 2. The Kier molecular flexibility index (Phi) is 7.01. The molecule has 5 heterocycles. The standard InChI is InChI=1S/C25H21Cl2F3N8O4/c26-14-1-2-16(15(27)7-14)33-18(39)10-37-22(40)20-21(38(24(37)41)12-25(28,29)30)34-23(36(20)11-19-32-4-6-42-19)35-5-3-13-8-31-9-17(13)35/h1-2,4,6-7,9,13,31H,3,5,8,10-12H2,(H,33,39). The largest absolute Gasteiger partial charge is 0.447 e. The number of fused-ring (bicyclic) bond motifs is 2. The Morgan fingerprint density at radius 3 is 2.71 bits per heavy atom. The van der Waals surface area contributed by atoms with Crippen molar-refractivity contribution in [1.29, 1.82) is 0 Å². The van der Waals surface area contributed by atoms with Gasteiger partial charge in [-0.2, -0.15) is 18.2 Å². The first-order valence-electron chi connectivity index (χ1n) is 12.6. The molecule has 4 aromatic rings. The van der Waals surface area contributed by atoms with Crippen molar-refractivity contribution in [2.75, 3.05) is 23.3 Å². The van der Waals surface area contributed by atoms with Gasteiger partial charge in [-0.1, -0.05) is 23.2 Å². The van der Waals surface area contributed by atoms with E-state index in [0.717, 1.165) is 12.1 Å². The van der Waals surface area contributed by atoms with E-state index in [1.54, 1.807) is 11.1 Å². The summed E-state index contributed by atoms with van der Waals surface area (Å²) >= 11 is 12.0. The molecule has 1 unspecified atom stereocenters. The Bertz CT molecular complexity index is 1850. The lowest BCUT2D eigenvalue weighted by Gasteiger charge is -2.19. The van der Waals surface area contributed by atoms with Gasteiger partial charge in [-0.15, -0.1) is 0 Å². The molecule has 0 bridgehead atoms. The van der Waals surface area contributed by atoms with Gasteiger partial charge in [-0.3, -0.25) is 18.7 Å². The fraction of sp³-hybridized carbons (Fsp3) is 0.320. The fourth-order valence-electron chi connectivity index (χ4n) is 5.19. The van der Waals surface area contributed by atoms with Crippen LogP contribution in [-0.4, -0.2) is 48.8 Å². The molecule has 2 aliphatic rings. The zero-order valence-corrected chi connectivity index (χ0v) is 23.0. The summed E-state index contributed by atoms with van der Waals surface area (Å²) in [7, 11) is 0. The van der Waals surface area contributed by atoms with E-state index >= 15 is 0 Å². The van der Waals surface area contributed by atoms with Crippen LogP contribution in [0.1, 0.15) is 12.3 Å². The van der Waals surface area contributed by atoms with E-state index in [9.17, 15) is 27.6 Å². The highest BCUT2D eigenvalue weighted by molar-refractivity contribution is 6.36. The Morgan fingerprint density at radius 1 is 1.19 bits per heavy atom. The van der Waals surface area contributed by atoms with E-state index in [0.29, 0.717) is 27.2 Å². The summed E-state index contributed by atoms with van der Waals surface area (Å²) in [6.07, 6.45) is 0.385. The molecule has 0 saturated carbocycles. The number of imidazole rings is 1. The smallest absolute Gasteiger partial charge is 0.406 e. The molecule has 0 spiro atoms. The molecule has 0 aliphatic carbocycles. The van der Waals surface area contributed by atoms with Crippen molar-refractivity contribution in [3.05, 3.63) is 79.3 Å². The number of rotatable bonds is 7. The van der Waals surface area contributed by atoms with Gasteiger partial charge in [-0.25, -0.2) is 14.3 Å². The summed E-state index contributed by atoms with van der Waals surface area (Å²) in [5.74, 6) is -0.431. The molecule has 2 N–H and O–H groups in total. The van der Waals surface area contributed by atoms with Crippen molar-refractivity contribution in [3.8, 4) is 0 Å². The molecule has 1 saturated heterocycles. The second kappa shape index (κ2) is 10.5. The first-order valence-corrected chi connectivity index (χ1v) is 13.4. The van der Waals surface area contributed by atoms with E-state index < -0.39 is 42.1 Å². The minimum Gasteiger partial charge on any atom is -0.447 e. The molecule has 12 nitrogen and oxygen atoms in total. The molecule has 2 aliphatic heterocycles. The topological polar surface area (TPSA) is 132 Å². The third-order valence-electron chi connectivity index (χ3n) is 7.00. The first kappa shape index (κ1) is 27.9. The van der Waals surface area contributed by atoms with Crippen LogP contribution in [0.3, 0.4) is 0 Å². The molecular formula is C25H21Cl2F3N8O4. The van der Waals surface area contributed by atoms with E-state index in [1.165, 1.54) is 35.2 Å². The lowest BCUT2D eigenvalue weighted by Crippen LogP contribution is -2.44. The number of hydrogen-bond donors (Lipinski definition) is 2. The predicted molar refractivity (Wildman–Crippen MR) is 147 cm³/mol. The summed E-state index contributed by atoms with van der Waals surface area (Å²) in [6.45, 7) is -1.65. The molecule has 1 fully saturated rings. The van der Waals surface area contributed by atoms with Crippen LogP contribution in [0.15, 0.2) is 56.6 Å². The number of carbonyl (C=O) groups excluding carboxylic acids is 1. The van der Waals surface area contributed by atoms with Crippen molar-refractivity contribution in [1.82, 2.24) is 29.0 Å². The summed E-state index contributed by atoms with van der Waals surface area (Å²) in [5, 5.41) is 5.98. The summed E-state index contributed by atoms with van der Waals surface area (Å²) in [5.41, 5.74) is -2.17. The Morgan fingerprint density at radius 2 is 2.00 bits per heavy atom. The molecule has 220 valence electrons. The lowest BCUT2D eigenvalue weighted by atomic mass is 10.1. The molecule has 1 amide bonds. The zero-order valence-electron chi connectivity index (χ0n) is 21.5. The molecule has 1 atom stereocenters. The highest BCUT2D eigenvalue weighted by Crippen LogP contribution is 2.36. The van der Waals surface area contributed by atoms with Gasteiger partial charge in [0.2, 0.25) is 17.7 Å². The van der Waals surface area contributed by atoms with Crippen LogP contribution < -0.4 is 26.8 Å². The van der Waals surface area contributed by atoms with Crippen molar-refractivity contribution < 1.29 is 22.4 Å². The van der Waals surface area contributed by atoms with E-state index in [1.807, 2.05) is 0 Å². The van der Waals surface area contributed by atoms with Crippen LogP contribution in [0.4, 0.5) is 24.8 Å². The second-order valence-corrected chi connectivity index (χ2v) is 10.6. The van der Waals surface area contributed by atoms with Gasteiger partial charge in [0.15, 0.2) is 11.2 Å². The summed E-state index contributed by atoms with van der Waals surface area (Å²) in [4.78, 5) is 50.5. The van der Waals surface area contributed by atoms with Crippen LogP contribution in [0, 0.1) is 5.92 Å². The quantitative estimate of drug-likeness (QED) is 0.320.